The fourth-order valence-electron chi connectivity index (χ4n) is 3.31. The number of methoxy groups -OCH3 is 1. The molecule has 4 nitrogen and oxygen atoms in total. The van der Waals surface area contributed by atoms with Crippen LogP contribution in [0.4, 0.5) is 0 Å². The molecule has 1 aliphatic heterocycles. The molecular weight excluding hydrogens is 252 g/mol. The topological polar surface area (TPSA) is 41.6 Å². The van der Waals surface area contributed by atoms with E-state index in [0.29, 0.717) is 12.5 Å². The Morgan fingerprint density at radius 3 is 2.70 bits per heavy atom. The summed E-state index contributed by atoms with van der Waals surface area (Å²) in [5, 5.41) is 3.76. The molecule has 0 aromatic rings. The van der Waals surface area contributed by atoms with E-state index in [1.165, 1.54) is 45.8 Å². The van der Waals surface area contributed by atoms with E-state index >= 15 is 0 Å². The summed E-state index contributed by atoms with van der Waals surface area (Å²) >= 11 is 0. The molecule has 2 fully saturated rings. The van der Waals surface area contributed by atoms with Gasteiger partial charge in [0.2, 0.25) is 0 Å². The molecule has 20 heavy (non-hydrogen) atoms. The Morgan fingerprint density at radius 1 is 1.30 bits per heavy atom. The maximum absolute atomic E-state index is 11.3. The van der Waals surface area contributed by atoms with Crippen LogP contribution in [0.3, 0.4) is 0 Å². The quantitative estimate of drug-likeness (QED) is 0.726. The Kier molecular flexibility index (Phi) is 6.30. The fourth-order valence-corrected chi connectivity index (χ4v) is 3.31. The Hall–Kier alpha value is -0.610. The monoisotopic (exact) mass is 282 g/mol. The molecule has 116 valence electrons. The van der Waals surface area contributed by atoms with Crippen molar-refractivity contribution in [2.75, 3.05) is 33.3 Å². The smallest absolute Gasteiger partial charge is 0.306 e. The van der Waals surface area contributed by atoms with Crippen molar-refractivity contribution >= 4 is 5.97 Å². The van der Waals surface area contributed by atoms with Crippen LogP contribution in [-0.2, 0) is 9.53 Å². The lowest BCUT2D eigenvalue weighted by Gasteiger charge is -2.39. The van der Waals surface area contributed by atoms with Gasteiger partial charge in [-0.1, -0.05) is 19.8 Å². The number of hydrogen-bond acceptors (Lipinski definition) is 4. The molecule has 2 unspecified atom stereocenters. The van der Waals surface area contributed by atoms with E-state index in [1.807, 2.05) is 0 Å². The molecule has 0 spiro atoms. The van der Waals surface area contributed by atoms with Crippen molar-refractivity contribution in [3.05, 3.63) is 0 Å². The Balaban J connectivity index is 1.74. The molecule has 1 saturated carbocycles. The Labute approximate surface area is 123 Å². The van der Waals surface area contributed by atoms with E-state index < -0.39 is 0 Å². The van der Waals surface area contributed by atoms with Gasteiger partial charge in [-0.25, -0.2) is 0 Å². The summed E-state index contributed by atoms with van der Waals surface area (Å²) in [4.78, 5) is 13.7. The number of ether oxygens (including phenoxy) is 1. The Morgan fingerprint density at radius 2 is 2.10 bits per heavy atom. The maximum atomic E-state index is 11.3. The summed E-state index contributed by atoms with van der Waals surface area (Å²) in [6, 6.07) is 0.604. The molecule has 0 aromatic heterocycles. The molecule has 0 aromatic carbocycles. The summed E-state index contributed by atoms with van der Waals surface area (Å²) in [7, 11) is 1.47. The highest BCUT2D eigenvalue weighted by Gasteiger charge is 2.27. The molecule has 1 heterocycles. The van der Waals surface area contributed by atoms with Crippen LogP contribution in [0.2, 0.25) is 0 Å². The number of likely N-dealkylation sites (tertiary alicyclic amines) is 1. The van der Waals surface area contributed by atoms with Gasteiger partial charge in [0, 0.05) is 25.7 Å². The summed E-state index contributed by atoms with van der Waals surface area (Å²) in [6.45, 7) is 6.52. The van der Waals surface area contributed by atoms with Crippen LogP contribution in [-0.4, -0.2) is 50.2 Å². The second-order valence-electron chi connectivity index (χ2n) is 6.50. The van der Waals surface area contributed by atoms with E-state index in [0.717, 1.165) is 31.5 Å². The normalized spacial score (nSPS) is 28.1. The summed E-state index contributed by atoms with van der Waals surface area (Å²) in [6.07, 6.45) is 7.27. The predicted octanol–water partition coefficient (Wildman–Crippen LogP) is 2.04. The predicted molar refractivity (Wildman–Crippen MR) is 80.6 cm³/mol. The van der Waals surface area contributed by atoms with Gasteiger partial charge in [0.25, 0.3) is 0 Å². The lowest BCUT2D eigenvalue weighted by molar-refractivity contribution is -0.141. The molecule has 1 aliphatic carbocycles. The van der Waals surface area contributed by atoms with E-state index in [2.05, 4.69) is 17.1 Å². The largest absolute Gasteiger partial charge is 0.469 e. The number of rotatable bonds is 7. The SMILES string of the molecule is CCC1CC(NCC2CCC2)CN(CCC(=O)OC)C1. The van der Waals surface area contributed by atoms with E-state index in [-0.39, 0.29) is 5.97 Å². The third-order valence-electron chi connectivity index (χ3n) is 4.97. The summed E-state index contributed by atoms with van der Waals surface area (Å²) in [5.74, 6) is 1.59. The number of hydrogen-bond donors (Lipinski definition) is 1. The third kappa shape index (κ3) is 4.74. The van der Waals surface area contributed by atoms with Gasteiger partial charge in [-0.15, -0.1) is 0 Å². The fraction of sp³-hybridized carbons (Fsp3) is 0.938. The van der Waals surface area contributed by atoms with Gasteiger partial charge in [-0.05, 0) is 37.6 Å². The van der Waals surface area contributed by atoms with Crippen molar-refractivity contribution in [2.24, 2.45) is 11.8 Å². The number of nitrogens with zero attached hydrogens (tertiary/aromatic N) is 1. The van der Waals surface area contributed by atoms with Crippen LogP contribution in [0.5, 0.6) is 0 Å². The molecule has 1 saturated heterocycles. The minimum Gasteiger partial charge on any atom is -0.469 e. The summed E-state index contributed by atoms with van der Waals surface area (Å²) < 4.78 is 4.74. The first-order chi connectivity index (χ1) is 9.71. The molecule has 2 atom stereocenters. The average Bonchev–Trinajstić information content (AvgIpc) is 2.42. The minimum atomic E-state index is -0.0948. The molecule has 0 bridgehead atoms. The lowest BCUT2D eigenvalue weighted by atomic mass is 9.85. The zero-order valence-corrected chi connectivity index (χ0v) is 13.1. The molecule has 2 rings (SSSR count). The van der Waals surface area contributed by atoms with Crippen molar-refractivity contribution in [3.63, 3.8) is 0 Å². The number of piperidine rings is 1. The summed E-state index contributed by atoms with van der Waals surface area (Å²) in [5.41, 5.74) is 0. The lowest BCUT2D eigenvalue weighted by Crippen LogP contribution is -2.50. The zero-order valence-electron chi connectivity index (χ0n) is 13.1. The first-order valence-electron chi connectivity index (χ1n) is 8.23. The highest BCUT2D eigenvalue weighted by Crippen LogP contribution is 2.26. The highest BCUT2D eigenvalue weighted by molar-refractivity contribution is 5.69. The number of esters is 1. The second-order valence-corrected chi connectivity index (χ2v) is 6.50. The van der Waals surface area contributed by atoms with Crippen molar-refractivity contribution < 1.29 is 9.53 Å². The standard InChI is InChI=1S/C16H30N2O2/c1-3-13-9-15(17-10-14-5-4-6-14)12-18(11-13)8-7-16(19)20-2/h13-15,17H,3-12H2,1-2H3. The Bertz CT molecular complexity index is 305. The van der Waals surface area contributed by atoms with Crippen molar-refractivity contribution in [3.8, 4) is 0 Å². The van der Waals surface area contributed by atoms with Crippen LogP contribution < -0.4 is 5.32 Å². The van der Waals surface area contributed by atoms with Crippen LogP contribution in [0.15, 0.2) is 0 Å². The molecule has 1 N–H and O–H groups in total. The zero-order chi connectivity index (χ0) is 14.4. The average molecular weight is 282 g/mol. The van der Waals surface area contributed by atoms with Gasteiger partial charge in [0.1, 0.15) is 0 Å². The van der Waals surface area contributed by atoms with Gasteiger partial charge in [0.15, 0.2) is 0 Å². The van der Waals surface area contributed by atoms with Crippen LogP contribution in [0.25, 0.3) is 0 Å². The van der Waals surface area contributed by atoms with E-state index in [1.54, 1.807) is 0 Å². The molecule has 0 radical (unpaired) electrons. The van der Waals surface area contributed by atoms with Gasteiger partial charge in [0.05, 0.1) is 13.5 Å². The number of nitrogens with one attached hydrogen (secondary N) is 1. The number of carbonyl (C=O) groups excluding carboxylic acids is 1. The molecule has 0 amide bonds. The maximum Gasteiger partial charge on any atom is 0.306 e. The minimum absolute atomic E-state index is 0.0948. The van der Waals surface area contributed by atoms with Gasteiger partial charge < -0.3 is 15.0 Å². The van der Waals surface area contributed by atoms with Crippen LogP contribution in [0.1, 0.15) is 45.4 Å². The third-order valence-corrected chi connectivity index (χ3v) is 4.97. The first kappa shape index (κ1) is 15.8. The van der Waals surface area contributed by atoms with E-state index in [4.69, 9.17) is 4.74 Å². The van der Waals surface area contributed by atoms with Crippen LogP contribution in [0, 0.1) is 11.8 Å². The first-order valence-corrected chi connectivity index (χ1v) is 8.23. The van der Waals surface area contributed by atoms with Crippen LogP contribution >= 0.6 is 0 Å². The molecular formula is C16H30N2O2. The van der Waals surface area contributed by atoms with Gasteiger partial charge in [-0.2, -0.15) is 0 Å². The van der Waals surface area contributed by atoms with Gasteiger partial charge >= 0.3 is 5.97 Å². The molecule has 4 heteroatoms. The number of carbonyl (C=O) groups is 1. The molecule has 2 aliphatic rings. The van der Waals surface area contributed by atoms with E-state index in [9.17, 15) is 4.79 Å². The van der Waals surface area contributed by atoms with Crippen molar-refractivity contribution in [2.45, 2.75) is 51.5 Å². The second kappa shape index (κ2) is 7.99. The van der Waals surface area contributed by atoms with Gasteiger partial charge in [-0.3, -0.25) is 4.79 Å². The van der Waals surface area contributed by atoms with Crippen molar-refractivity contribution in [1.82, 2.24) is 10.2 Å². The highest BCUT2D eigenvalue weighted by atomic mass is 16.5. The van der Waals surface area contributed by atoms with Crippen molar-refractivity contribution in [1.29, 1.82) is 0 Å².